The Labute approximate surface area is 187 Å². The van der Waals surface area contributed by atoms with E-state index in [2.05, 4.69) is 4.98 Å². The highest BCUT2D eigenvalue weighted by Crippen LogP contribution is 2.34. The van der Waals surface area contributed by atoms with Crippen molar-refractivity contribution in [2.45, 2.75) is 33.0 Å². The molecular weight excluding hydrogens is 437 g/mol. The number of carbonyl (C=O) groups is 1. The Morgan fingerprint density at radius 3 is 2.44 bits per heavy atom. The van der Waals surface area contributed by atoms with Crippen LogP contribution in [0.5, 0.6) is 0 Å². The standard InChI is InChI=1S/C23H21F3N4OS/c1-15-4-5-16(2)20-19(15)28-22(32-20)30(12-3-11-29-13-10-27-14-29)21(31)17-6-8-18(9-7-17)23(24,25)26/h4-10,13-14H,3,11-12H2,1-2H3. The van der Waals surface area contributed by atoms with Gasteiger partial charge in [0.2, 0.25) is 0 Å². The third kappa shape index (κ3) is 4.52. The number of aromatic nitrogens is 3. The maximum atomic E-state index is 13.3. The number of aryl methyl sites for hydroxylation is 3. The molecule has 0 atom stereocenters. The number of hydrogen-bond donors (Lipinski definition) is 0. The van der Waals surface area contributed by atoms with Crippen LogP contribution in [-0.4, -0.2) is 27.0 Å². The van der Waals surface area contributed by atoms with E-state index in [4.69, 9.17) is 4.98 Å². The first-order valence-corrected chi connectivity index (χ1v) is 10.9. The van der Waals surface area contributed by atoms with Crippen molar-refractivity contribution in [2.75, 3.05) is 11.4 Å². The topological polar surface area (TPSA) is 51.0 Å². The first kappa shape index (κ1) is 22.0. The molecule has 0 saturated carbocycles. The molecule has 4 aromatic rings. The van der Waals surface area contributed by atoms with Crippen molar-refractivity contribution in [3.8, 4) is 0 Å². The number of anilines is 1. The van der Waals surface area contributed by atoms with Crippen molar-refractivity contribution in [2.24, 2.45) is 0 Å². The van der Waals surface area contributed by atoms with Gasteiger partial charge in [-0.25, -0.2) is 9.97 Å². The monoisotopic (exact) mass is 458 g/mol. The fraction of sp³-hybridized carbons (Fsp3) is 0.261. The van der Waals surface area contributed by atoms with Gasteiger partial charge >= 0.3 is 6.18 Å². The van der Waals surface area contributed by atoms with Crippen molar-refractivity contribution in [3.05, 3.63) is 77.4 Å². The Bertz CT molecular complexity index is 1190. The van der Waals surface area contributed by atoms with Crippen molar-refractivity contribution >= 4 is 32.6 Å². The zero-order valence-corrected chi connectivity index (χ0v) is 18.4. The second-order valence-electron chi connectivity index (χ2n) is 7.56. The lowest BCUT2D eigenvalue weighted by molar-refractivity contribution is -0.137. The van der Waals surface area contributed by atoms with Crippen LogP contribution in [0.25, 0.3) is 10.2 Å². The molecule has 0 aliphatic carbocycles. The highest BCUT2D eigenvalue weighted by Gasteiger charge is 2.31. The maximum absolute atomic E-state index is 13.3. The van der Waals surface area contributed by atoms with E-state index in [1.807, 2.05) is 36.7 Å². The SMILES string of the molecule is Cc1ccc(C)c2sc(N(CCCn3ccnc3)C(=O)c3ccc(C(F)(F)F)cc3)nc12. The predicted molar refractivity (Wildman–Crippen MR) is 119 cm³/mol. The molecule has 0 unspecified atom stereocenters. The fourth-order valence-corrected chi connectivity index (χ4v) is 4.57. The van der Waals surface area contributed by atoms with Crippen molar-refractivity contribution in [1.82, 2.24) is 14.5 Å². The Morgan fingerprint density at radius 2 is 1.81 bits per heavy atom. The highest BCUT2D eigenvalue weighted by molar-refractivity contribution is 7.22. The van der Waals surface area contributed by atoms with Gasteiger partial charge in [0, 0.05) is 31.0 Å². The first-order valence-electron chi connectivity index (χ1n) is 10.1. The molecule has 9 heteroatoms. The van der Waals surface area contributed by atoms with Gasteiger partial charge in [0.05, 0.1) is 22.1 Å². The molecule has 0 spiro atoms. The summed E-state index contributed by atoms with van der Waals surface area (Å²) in [6.07, 6.45) is 1.41. The van der Waals surface area contributed by atoms with Crippen LogP contribution in [0.4, 0.5) is 18.3 Å². The van der Waals surface area contributed by atoms with Crippen LogP contribution >= 0.6 is 11.3 Å². The largest absolute Gasteiger partial charge is 0.416 e. The van der Waals surface area contributed by atoms with Crippen LogP contribution in [-0.2, 0) is 12.7 Å². The van der Waals surface area contributed by atoms with Gasteiger partial charge in [-0.15, -0.1) is 0 Å². The normalized spacial score (nSPS) is 11.8. The molecule has 0 N–H and O–H groups in total. The molecule has 32 heavy (non-hydrogen) atoms. The van der Waals surface area contributed by atoms with Gasteiger partial charge in [-0.05, 0) is 55.7 Å². The molecular formula is C23H21F3N4OS. The van der Waals surface area contributed by atoms with Gasteiger partial charge in [0.25, 0.3) is 5.91 Å². The van der Waals surface area contributed by atoms with Crippen molar-refractivity contribution in [1.29, 1.82) is 0 Å². The summed E-state index contributed by atoms with van der Waals surface area (Å²) in [6, 6.07) is 8.31. The summed E-state index contributed by atoms with van der Waals surface area (Å²) in [7, 11) is 0. The molecule has 0 bridgehead atoms. The minimum absolute atomic E-state index is 0.188. The van der Waals surface area contributed by atoms with E-state index in [-0.39, 0.29) is 11.5 Å². The van der Waals surface area contributed by atoms with Gasteiger partial charge < -0.3 is 4.57 Å². The van der Waals surface area contributed by atoms with Gasteiger partial charge in [-0.2, -0.15) is 13.2 Å². The van der Waals surface area contributed by atoms with Gasteiger partial charge in [-0.3, -0.25) is 9.69 Å². The lowest BCUT2D eigenvalue weighted by Crippen LogP contribution is -2.32. The molecule has 2 heterocycles. The number of fused-ring (bicyclic) bond motifs is 1. The predicted octanol–water partition coefficient (Wildman–Crippen LogP) is 5.87. The summed E-state index contributed by atoms with van der Waals surface area (Å²) in [5.41, 5.74) is 2.31. The van der Waals surface area contributed by atoms with Crippen molar-refractivity contribution < 1.29 is 18.0 Å². The lowest BCUT2D eigenvalue weighted by atomic mass is 10.1. The number of carbonyl (C=O) groups excluding carboxylic acids is 1. The Balaban J connectivity index is 1.66. The average Bonchev–Trinajstić information content (AvgIpc) is 3.44. The molecule has 0 saturated heterocycles. The summed E-state index contributed by atoms with van der Waals surface area (Å²) in [4.78, 5) is 23.6. The van der Waals surface area contributed by atoms with E-state index in [9.17, 15) is 18.0 Å². The smallest absolute Gasteiger partial charge is 0.337 e. The van der Waals surface area contributed by atoms with Crippen LogP contribution < -0.4 is 4.90 Å². The number of thiazole rings is 1. The minimum Gasteiger partial charge on any atom is -0.337 e. The van der Waals surface area contributed by atoms with Crippen LogP contribution in [0.15, 0.2) is 55.1 Å². The van der Waals surface area contributed by atoms with E-state index in [1.165, 1.54) is 23.5 Å². The quantitative estimate of drug-likeness (QED) is 0.363. The van der Waals surface area contributed by atoms with Crippen molar-refractivity contribution in [3.63, 3.8) is 0 Å². The van der Waals surface area contributed by atoms with Gasteiger partial charge in [0.15, 0.2) is 5.13 Å². The number of imidazole rings is 1. The Hall–Kier alpha value is -3.20. The third-order valence-electron chi connectivity index (χ3n) is 5.22. The summed E-state index contributed by atoms with van der Waals surface area (Å²) in [5.74, 6) is -0.376. The Morgan fingerprint density at radius 1 is 1.09 bits per heavy atom. The molecule has 2 aromatic carbocycles. The van der Waals surface area contributed by atoms with E-state index < -0.39 is 11.7 Å². The molecule has 5 nitrogen and oxygen atoms in total. The zero-order chi connectivity index (χ0) is 22.9. The van der Waals surface area contributed by atoms with Crippen LogP contribution in [0.3, 0.4) is 0 Å². The number of halogens is 3. The summed E-state index contributed by atoms with van der Waals surface area (Å²) in [6.45, 7) is 4.98. The average molecular weight is 459 g/mol. The first-order chi connectivity index (χ1) is 15.2. The molecule has 0 aliphatic rings. The molecule has 166 valence electrons. The van der Waals surface area contributed by atoms with Crippen LogP contribution in [0.1, 0.15) is 33.5 Å². The maximum Gasteiger partial charge on any atom is 0.416 e. The van der Waals surface area contributed by atoms with E-state index in [1.54, 1.807) is 17.4 Å². The number of nitrogens with zero attached hydrogens (tertiary/aromatic N) is 4. The van der Waals surface area contributed by atoms with Gasteiger partial charge in [-0.1, -0.05) is 23.5 Å². The van der Waals surface area contributed by atoms with Gasteiger partial charge in [0.1, 0.15) is 0 Å². The number of rotatable bonds is 6. The summed E-state index contributed by atoms with van der Waals surface area (Å²) in [5, 5.41) is 0.535. The summed E-state index contributed by atoms with van der Waals surface area (Å²) >= 11 is 1.42. The van der Waals surface area contributed by atoms with E-state index >= 15 is 0 Å². The van der Waals surface area contributed by atoms with Crippen LogP contribution in [0.2, 0.25) is 0 Å². The number of amides is 1. The molecule has 0 aliphatic heterocycles. The van der Waals surface area contributed by atoms with Crippen LogP contribution in [0, 0.1) is 13.8 Å². The highest BCUT2D eigenvalue weighted by atomic mass is 32.1. The Kier molecular flexibility index (Phi) is 6.01. The molecule has 0 fully saturated rings. The number of alkyl halides is 3. The second kappa shape index (κ2) is 8.74. The third-order valence-corrected chi connectivity index (χ3v) is 6.44. The number of benzene rings is 2. The summed E-state index contributed by atoms with van der Waals surface area (Å²) < 4.78 is 41.7. The van der Waals surface area contributed by atoms with E-state index in [0.29, 0.717) is 24.6 Å². The minimum atomic E-state index is -4.45. The number of hydrogen-bond acceptors (Lipinski definition) is 4. The molecule has 4 rings (SSSR count). The molecule has 1 amide bonds. The molecule has 0 radical (unpaired) electrons. The zero-order valence-electron chi connectivity index (χ0n) is 17.6. The fourth-order valence-electron chi connectivity index (χ4n) is 3.44. The van der Waals surface area contributed by atoms with E-state index in [0.717, 1.165) is 33.5 Å². The second-order valence-corrected chi connectivity index (χ2v) is 8.54. The molecule has 2 aromatic heterocycles. The lowest BCUT2D eigenvalue weighted by Gasteiger charge is -2.20.